The zero-order valence-corrected chi connectivity index (χ0v) is 43.3. The van der Waals surface area contributed by atoms with Gasteiger partial charge in [-0.15, -0.1) is 0 Å². The number of aromatic hydroxyl groups is 3. The van der Waals surface area contributed by atoms with E-state index in [1.165, 1.54) is 0 Å². The molecule has 0 aliphatic heterocycles. The van der Waals surface area contributed by atoms with Crippen LogP contribution in [0.1, 0.15) is 111 Å². The number of phenols is 3. The summed E-state index contributed by atoms with van der Waals surface area (Å²) in [6, 6.07) is 17.3. The van der Waals surface area contributed by atoms with E-state index in [4.69, 9.17) is 6.57 Å². The van der Waals surface area contributed by atoms with E-state index >= 15 is 0 Å². The molecule has 3 N–H and O–H groups in total. The second-order valence-corrected chi connectivity index (χ2v) is 59.4. The Labute approximate surface area is 366 Å². The summed E-state index contributed by atoms with van der Waals surface area (Å²) >= 11 is 12.1. The molecule has 12 heteroatoms. The zero-order chi connectivity index (χ0) is 38.9. The van der Waals surface area contributed by atoms with E-state index in [2.05, 4.69) is 139 Å². The number of hydrogen-bond acceptors (Lipinski definition) is 4. The summed E-state index contributed by atoms with van der Waals surface area (Å²) in [4.78, 5) is 13.6. The summed E-state index contributed by atoms with van der Waals surface area (Å²) in [7, 11) is 0.628. The first-order valence-corrected chi connectivity index (χ1v) is 37.0. The zero-order valence-electron chi connectivity index (χ0n) is 29.7. The van der Waals surface area contributed by atoms with Crippen LogP contribution >= 0.6 is 99.9 Å². The summed E-state index contributed by atoms with van der Waals surface area (Å²) in [5, 5.41) is 28.6. The van der Waals surface area contributed by atoms with Crippen LogP contribution in [-0.4, -0.2) is 21.6 Å². The molecule has 0 heterocycles. The number of carbonyl (C=O) groups is 1. The molecule has 0 spiro atoms. The van der Waals surface area contributed by atoms with Gasteiger partial charge in [-0.2, -0.15) is 13.8 Å². The molecule has 3 aromatic carbocycles. The van der Waals surface area contributed by atoms with Crippen molar-refractivity contribution in [3.05, 3.63) is 108 Å². The van der Waals surface area contributed by atoms with Gasteiger partial charge in [-0.25, -0.2) is 4.85 Å². The molecule has 0 radical (unpaired) electrons. The van der Waals surface area contributed by atoms with Gasteiger partial charge in [0.05, 0.1) is 6.57 Å². The van der Waals surface area contributed by atoms with Gasteiger partial charge < -0.3 is 29.2 Å². The average Bonchev–Trinajstić information content (AvgIpc) is 2.99. The topological polar surface area (TPSA) is 82.1 Å². The molecule has 49 heavy (non-hydrogen) atoms. The first-order valence-electron chi connectivity index (χ1n) is 14.5. The maximum atomic E-state index is 10.5. The molecule has 0 fully saturated rings. The summed E-state index contributed by atoms with van der Waals surface area (Å²) in [5.74, 6) is 0.901. The second kappa shape index (κ2) is 32.5. The quantitative estimate of drug-likeness (QED) is 0.129. The predicted octanol–water partition coefficient (Wildman–Crippen LogP) is 15.2. The average molecular weight is 1310 g/mol. The Morgan fingerprint density at radius 2 is 1.00 bits per heavy atom. The van der Waals surface area contributed by atoms with Gasteiger partial charge in [0.15, 0.2) is 5.69 Å². The van der Waals surface area contributed by atoms with E-state index in [1.807, 2.05) is 59.7 Å². The molecule has 0 saturated heterocycles. The van der Waals surface area contributed by atoms with Crippen molar-refractivity contribution in [3.63, 3.8) is 0 Å². The number of rotatable bonds is 1. The van der Waals surface area contributed by atoms with Gasteiger partial charge in [-0.1, -0.05) is 94.0 Å². The summed E-state index contributed by atoms with van der Waals surface area (Å²) in [6.07, 6.45) is 0.786. The van der Waals surface area contributed by atoms with E-state index in [0.717, 1.165) is 23.0 Å². The summed E-state index contributed by atoms with van der Waals surface area (Å²) in [6.45, 7) is 35.1. The maximum absolute atomic E-state index is 10.5. The molecule has 0 saturated carbocycles. The van der Waals surface area contributed by atoms with Crippen molar-refractivity contribution in [2.24, 2.45) is 0 Å². The molecule has 279 valence electrons. The van der Waals surface area contributed by atoms with Crippen LogP contribution in [0.2, 0.25) is 0 Å². The number of aldehydes is 1. The second-order valence-electron chi connectivity index (χ2n) is 12.2. The van der Waals surface area contributed by atoms with Crippen LogP contribution in [0, 0.1) is 20.4 Å². The normalized spacial score (nSPS) is 9.76. The molecule has 3 rings (SSSR count). The Morgan fingerprint density at radius 1 is 0.673 bits per heavy atom. The third kappa shape index (κ3) is 30.1. The van der Waals surface area contributed by atoms with E-state index in [1.54, 1.807) is 56.3 Å². The SMILES string of the molecule is C.CC(C)(C)c1cc(C=O)ccc1O.CC(C)(C)c1ccccc1O.[C-]#[N+]c1ccc(O)c(C(C)(C)C)c1.[CH2-]C.[CH2-]C.[I][V]([I])[I].[I][V][I]. The van der Waals surface area contributed by atoms with Crippen LogP contribution < -0.4 is 0 Å². The van der Waals surface area contributed by atoms with E-state index < -0.39 is 0 Å². The standard InChI is InChI=1S/C11H13NO.C11H14O2.C10H14O.2C2H5.CH4.5HI.2V/c1-11(2,3)9-7-8(12-4)5-6-10(9)13;1-11(2,3)9-6-8(7-12)4-5-10(9)13;1-10(2,3)8-6-4-5-7-9(8)11;2*1-2;;;;;;;;/h5-7,13H,1-3H3;4-7,13H,1-3H3;4-7,11H,1-3H3;2*1H2,2H3;1H4;5*1H;;/q;;;2*-1;;;;;;;+2;+3/p-5. The van der Waals surface area contributed by atoms with Crippen LogP contribution in [0.4, 0.5) is 5.69 Å². The summed E-state index contributed by atoms with van der Waals surface area (Å²) in [5.41, 5.74) is 3.57. The van der Waals surface area contributed by atoms with Gasteiger partial charge in [0.2, 0.25) is 0 Å². The molecule has 0 atom stereocenters. The number of hydrogen-bond donors (Lipinski definition) is 3. The fraction of sp³-hybridized carbons (Fsp3) is 0.405. The molecule has 0 amide bonds. The number of halogens is 5. The first kappa shape index (κ1) is 59.3. The molecule has 0 bridgehead atoms. The van der Waals surface area contributed by atoms with Crippen molar-refractivity contribution in [2.75, 3.05) is 0 Å². The van der Waals surface area contributed by atoms with Crippen LogP contribution in [-0.2, 0) is 30.6 Å². The number of phenolic OH excluding ortho intramolecular Hbond substituents is 3. The Bertz CT molecular complexity index is 1330. The van der Waals surface area contributed by atoms with Crippen LogP contribution in [0.25, 0.3) is 4.85 Å². The van der Waals surface area contributed by atoms with E-state index in [9.17, 15) is 20.1 Å². The van der Waals surface area contributed by atoms with Crippen LogP contribution in [0.5, 0.6) is 17.2 Å². The Morgan fingerprint density at radius 3 is 1.31 bits per heavy atom. The molecule has 0 aliphatic rings. The van der Waals surface area contributed by atoms with Gasteiger partial charge in [0.25, 0.3) is 0 Å². The number of carbonyl (C=O) groups excluding carboxylic acids is 1. The first-order chi connectivity index (χ1) is 22.1. The van der Waals surface area contributed by atoms with Crippen LogP contribution in [0.3, 0.4) is 0 Å². The van der Waals surface area contributed by atoms with Crippen molar-refractivity contribution in [1.82, 2.24) is 0 Å². The minimum absolute atomic E-state index is 0. The van der Waals surface area contributed by atoms with Crippen molar-refractivity contribution >= 4 is 112 Å². The van der Waals surface area contributed by atoms with Crippen molar-refractivity contribution in [2.45, 2.75) is 99.8 Å². The monoisotopic (exact) mass is 1310 g/mol. The van der Waals surface area contributed by atoms with Gasteiger partial charge in [0.1, 0.15) is 23.5 Å². The van der Waals surface area contributed by atoms with E-state index in [0.29, 0.717) is 26.5 Å². The molecule has 0 unspecified atom stereocenters. The molecule has 0 aliphatic carbocycles. The number of benzene rings is 3. The fourth-order valence-electron chi connectivity index (χ4n) is 3.53. The fourth-order valence-corrected chi connectivity index (χ4v) is 3.53. The Balaban J connectivity index is -0.000000171. The molecular formula is C37H55I5NO4V2-2. The van der Waals surface area contributed by atoms with Crippen molar-refractivity contribution in [1.29, 1.82) is 0 Å². The Hall–Kier alpha value is 1.04. The van der Waals surface area contributed by atoms with E-state index in [-0.39, 0.29) is 40.1 Å². The third-order valence-corrected chi connectivity index (χ3v) is 5.59. The molecule has 0 aromatic heterocycles. The molecule has 3 aromatic rings. The third-order valence-electron chi connectivity index (χ3n) is 5.59. The predicted molar refractivity (Wildman–Crippen MR) is 251 cm³/mol. The Kier molecular flexibility index (Phi) is 39.3. The van der Waals surface area contributed by atoms with Gasteiger partial charge in [0, 0.05) is 5.56 Å². The number of para-hydroxylation sites is 1. The van der Waals surface area contributed by atoms with Crippen LogP contribution in [0.15, 0.2) is 60.7 Å². The van der Waals surface area contributed by atoms with Gasteiger partial charge >= 0.3 is 114 Å². The van der Waals surface area contributed by atoms with Crippen molar-refractivity contribution in [3.8, 4) is 17.2 Å². The minimum atomic E-state index is -0.278. The van der Waals surface area contributed by atoms with Crippen molar-refractivity contribution < 1.29 is 34.5 Å². The summed E-state index contributed by atoms with van der Waals surface area (Å²) < 4.78 is 0. The van der Waals surface area contributed by atoms with Gasteiger partial charge in [-0.05, 0) is 69.3 Å². The molecular weight excluding hydrogens is 1260 g/mol. The molecule has 5 nitrogen and oxygen atoms in total. The number of nitrogens with zero attached hydrogens (tertiary/aromatic N) is 1. The van der Waals surface area contributed by atoms with Gasteiger partial charge in [-0.3, -0.25) is 4.79 Å².